The van der Waals surface area contributed by atoms with Crippen molar-refractivity contribution in [3.8, 4) is 0 Å². The fourth-order valence-corrected chi connectivity index (χ4v) is 2.31. The van der Waals surface area contributed by atoms with Crippen LogP contribution in [0.2, 0.25) is 0 Å². The lowest BCUT2D eigenvalue weighted by Crippen LogP contribution is -2.37. The van der Waals surface area contributed by atoms with E-state index in [1.54, 1.807) is 6.20 Å². The molecule has 3 N–H and O–H groups in total. The summed E-state index contributed by atoms with van der Waals surface area (Å²) < 4.78 is 0. The number of nitrogens with zero attached hydrogens (tertiary/aromatic N) is 2. The fraction of sp³-hybridized carbons (Fsp3) is 0.583. The molecule has 2 rings (SSSR count). The Morgan fingerprint density at radius 2 is 2.44 bits per heavy atom. The molecule has 1 unspecified atom stereocenters. The first kappa shape index (κ1) is 11.4. The molecular weight excluding hydrogens is 202 g/mol. The van der Waals surface area contributed by atoms with Crippen molar-refractivity contribution in [1.29, 1.82) is 0 Å². The van der Waals surface area contributed by atoms with Crippen LogP contribution in [0.1, 0.15) is 18.5 Å². The van der Waals surface area contributed by atoms with Gasteiger partial charge in [0.05, 0.1) is 11.4 Å². The summed E-state index contributed by atoms with van der Waals surface area (Å²) in [4.78, 5) is 6.59. The molecule has 0 aromatic carbocycles. The molecular formula is C12H19N3O. The van der Waals surface area contributed by atoms with Gasteiger partial charge in [0, 0.05) is 32.4 Å². The predicted octanol–water partition coefficient (Wildman–Crippen LogP) is 0.749. The van der Waals surface area contributed by atoms with E-state index in [4.69, 9.17) is 5.73 Å². The number of aromatic nitrogens is 1. The van der Waals surface area contributed by atoms with Crippen LogP contribution >= 0.6 is 0 Å². The van der Waals surface area contributed by atoms with Crippen molar-refractivity contribution in [2.24, 2.45) is 11.7 Å². The molecule has 1 aliphatic heterocycles. The van der Waals surface area contributed by atoms with Gasteiger partial charge in [0.15, 0.2) is 0 Å². The maximum atomic E-state index is 9.22. The number of aliphatic hydroxyl groups excluding tert-OH is 1. The molecule has 1 saturated heterocycles. The summed E-state index contributed by atoms with van der Waals surface area (Å²) >= 11 is 0. The molecule has 1 aromatic heterocycles. The molecule has 0 bridgehead atoms. The molecule has 88 valence electrons. The van der Waals surface area contributed by atoms with Gasteiger partial charge in [-0.05, 0) is 30.9 Å². The summed E-state index contributed by atoms with van der Waals surface area (Å²) in [6.07, 6.45) is 4.02. The molecule has 1 aromatic rings. The second-order valence-corrected chi connectivity index (χ2v) is 4.31. The zero-order valence-corrected chi connectivity index (χ0v) is 9.47. The molecule has 4 heteroatoms. The van der Waals surface area contributed by atoms with Crippen molar-refractivity contribution in [2.75, 3.05) is 24.6 Å². The highest BCUT2D eigenvalue weighted by Crippen LogP contribution is 2.24. The average molecular weight is 221 g/mol. The first-order valence-electron chi connectivity index (χ1n) is 5.85. The highest BCUT2D eigenvalue weighted by atomic mass is 16.3. The van der Waals surface area contributed by atoms with Crippen molar-refractivity contribution in [3.63, 3.8) is 0 Å². The van der Waals surface area contributed by atoms with Crippen LogP contribution in [0.5, 0.6) is 0 Å². The van der Waals surface area contributed by atoms with Gasteiger partial charge in [0.1, 0.15) is 0 Å². The number of piperidine rings is 1. The van der Waals surface area contributed by atoms with Crippen LogP contribution in [0.4, 0.5) is 5.69 Å². The molecule has 0 amide bonds. The van der Waals surface area contributed by atoms with E-state index in [0.29, 0.717) is 12.5 Å². The Bertz CT molecular complexity index is 343. The van der Waals surface area contributed by atoms with E-state index in [2.05, 4.69) is 16.0 Å². The zero-order chi connectivity index (χ0) is 11.4. The Kier molecular flexibility index (Phi) is 3.74. The minimum absolute atomic E-state index is 0.273. The summed E-state index contributed by atoms with van der Waals surface area (Å²) in [6, 6.07) is 4.01. The van der Waals surface area contributed by atoms with Gasteiger partial charge in [0.25, 0.3) is 0 Å². The highest BCUT2D eigenvalue weighted by molar-refractivity contribution is 5.50. The molecule has 1 fully saturated rings. The van der Waals surface area contributed by atoms with Crippen molar-refractivity contribution in [2.45, 2.75) is 19.4 Å². The summed E-state index contributed by atoms with van der Waals surface area (Å²) in [5.41, 5.74) is 7.76. The first-order chi connectivity index (χ1) is 7.85. The van der Waals surface area contributed by atoms with Gasteiger partial charge in [-0.25, -0.2) is 0 Å². The first-order valence-corrected chi connectivity index (χ1v) is 5.85. The Morgan fingerprint density at radius 1 is 1.56 bits per heavy atom. The molecule has 0 radical (unpaired) electrons. The monoisotopic (exact) mass is 221 g/mol. The lowest BCUT2D eigenvalue weighted by atomic mass is 9.98. The van der Waals surface area contributed by atoms with Gasteiger partial charge in [-0.3, -0.25) is 4.98 Å². The van der Waals surface area contributed by atoms with Crippen molar-refractivity contribution >= 4 is 5.69 Å². The number of rotatable bonds is 3. The minimum Gasteiger partial charge on any atom is -0.396 e. The fourth-order valence-electron chi connectivity index (χ4n) is 2.31. The van der Waals surface area contributed by atoms with E-state index in [1.807, 2.05) is 6.07 Å². The standard InChI is InChI=1S/C12H19N3O/c13-7-11-12(4-1-5-14-11)15-6-2-3-10(8-15)9-16/h1,4-5,10,16H,2-3,6-9,13H2. The van der Waals surface area contributed by atoms with E-state index in [9.17, 15) is 5.11 Å². The third-order valence-electron chi connectivity index (χ3n) is 3.18. The smallest absolute Gasteiger partial charge is 0.0772 e. The molecule has 1 atom stereocenters. The number of aliphatic hydroxyl groups is 1. The third-order valence-corrected chi connectivity index (χ3v) is 3.18. The molecule has 0 aliphatic carbocycles. The van der Waals surface area contributed by atoms with Crippen LogP contribution < -0.4 is 10.6 Å². The number of hydrogen-bond acceptors (Lipinski definition) is 4. The molecule has 0 saturated carbocycles. The topological polar surface area (TPSA) is 62.4 Å². The van der Waals surface area contributed by atoms with E-state index in [0.717, 1.165) is 37.3 Å². The van der Waals surface area contributed by atoms with Crippen LogP contribution in [-0.2, 0) is 6.54 Å². The normalized spacial score (nSPS) is 21.1. The van der Waals surface area contributed by atoms with E-state index < -0.39 is 0 Å². The predicted molar refractivity (Wildman–Crippen MR) is 64.2 cm³/mol. The van der Waals surface area contributed by atoms with Crippen LogP contribution in [0.25, 0.3) is 0 Å². The summed E-state index contributed by atoms with van der Waals surface area (Å²) in [7, 11) is 0. The Morgan fingerprint density at radius 3 is 3.19 bits per heavy atom. The van der Waals surface area contributed by atoms with E-state index in [1.165, 1.54) is 0 Å². The van der Waals surface area contributed by atoms with Crippen LogP contribution in [-0.4, -0.2) is 29.8 Å². The third kappa shape index (κ3) is 2.33. The summed E-state index contributed by atoms with van der Waals surface area (Å²) in [6.45, 7) is 2.69. The Labute approximate surface area is 96.1 Å². The van der Waals surface area contributed by atoms with Crippen molar-refractivity contribution < 1.29 is 5.11 Å². The van der Waals surface area contributed by atoms with Crippen LogP contribution in [0.15, 0.2) is 18.3 Å². The van der Waals surface area contributed by atoms with Crippen molar-refractivity contribution in [3.05, 3.63) is 24.0 Å². The van der Waals surface area contributed by atoms with Crippen molar-refractivity contribution in [1.82, 2.24) is 4.98 Å². The van der Waals surface area contributed by atoms with E-state index in [-0.39, 0.29) is 6.61 Å². The highest BCUT2D eigenvalue weighted by Gasteiger charge is 2.20. The van der Waals surface area contributed by atoms with Gasteiger partial charge < -0.3 is 15.7 Å². The maximum Gasteiger partial charge on any atom is 0.0772 e. The summed E-state index contributed by atoms with van der Waals surface area (Å²) in [5.74, 6) is 0.389. The average Bonchev–Trinajstić information content (AvgIpc) is 2.38. The number of pyridine rings is 1. The minimum atomic E-state index is 0.273. The maximum absolute atomic E-state index is 9.22. The second-order valence-electron chi connectivity index (χ2n) is 4.31. The molecule has 0 spiro atoms. The quantitative estimate of drug-likeness (QED) is 0.790. The van der Waals surface area contributed by atoms with Crippen LogP contribution in [0, 0.1) is 5.92 Å². The summed E-state index contributed by atoms with van der Waals surface area (Å²) in [5, 5.41) is 9.22. The number of hydrogen-bond donors (Lipinski definition) is 2. The molecule has 4 nitrogen and oxygen atoms in total. The lowest BCUT2D eigenvalue weighted by Gasteiger charge is -2.34. The molecule has 16 heavy (non-hydrogen) atoms. The van der Waals surface area contributed by atoms with Crippen LogP contribution in [0.3, 0.4) is 0 Å². The molecule has 2 heterocycles. The number of anilines is 1. The lowest BCUT2D eigenvalue weighted by molar-refractivity contribution is 0.208. The Balaban J connectivity index is 2.16. The Hall–Kier alpha value is -1.13. The van der Waals surface area contributed by atoms with E-state index >= 15 is 0 Å². The largest absolute Gasteiger partial charge is 0.396 e. The van der Waals surface area contributed by atoms with Gasteiger partial charge >= 0.3 is 0 Å². The SMILES string of the molecule is NCc1ncccc1N1CCCC(CO)C1. The van der Waals surface area contributed by atoms with Gasteiger partial charge in [-0.15, -0.1) is 0 Å². The van der Waals surface area contributed by atoms with Gasteiger partial charge in [0.2, 0.25) is 0 Å². The van der Waals surface area contributed by atoms with Gasteiger partial charge in [-0.1, -0.05) is 0 Å². The number of nitrogens with two attached hydrogens (primary N) is 1. The van der Waals surface area contributed by atoms with Gasteiger partial charge in [-0.2, -0.15) is 0 Å². The molecule has 1 aliphatic rings. The zero-order valence-electron chi connectivity index (χ0n) is 9.47. The second kappa shape index (κ2) is 5.27.